The summed E-state index contributed by atoms with van der Waals surface area (Å²) >= 11 is 5.99. The maximum atomic E-state index is 13.9. The first-order chi connectivity index (χ1) is 9.27. The van der Waals surface area contributed by atoms with E-state index >= 15 is 0 Å². The summed E-state index contributed by atoms with van der Waals surface area (Å²) in [6.45, 7) is 11.3. The number of hydrogen-bond acceptors (Lipinski definition) is 2. The van der Waals surface area contributed by atoms with Crippen molar-refractivity contribution < 1.29 is 4.39 Å². The van der Waals surface area contributed by atoms with Gasteiger partial charge in [0.05, 0.1) is 0 Å². The van der Waals surface area contributed by atoms with E-state index in [1.165, 1.54) is 6.07 Å². The van der Waals surface area contributed by atoms with Gasteiger partial charge < -0.3 is 5.32 Å². The largest absolute Gasteiger partial charge is 0.311 e. The van der Waals surface area contributed by atoms with Crippen molar-refractivity contribution in [3.05, 3.63) is 34.6 Å². The van der Waals surface area contributed by atoms with Gasteiger partial charge in [-0.15, -0.1) is 0 Å². The van der Waals surface area contributed by atoms with E-state index in [0.29, 0.717) is 29.2 Å². The highest BCUT2D eigenvalue weighted by atomic mass is 35.5. The summed E-state index contributed by atoms with van der Waals surface area (Å²) < 4.78 is 13.9. The van der Waals surface area contributed by atoms with Crippen LogP contribution in [0.25, 0.3) is 0 Å². The van der Waals surface area contributed by atoms with Gasteiger partial charge in [-0.05, 0) is 30.5 Å². The molecule has 1 heterocycles. The fourth-order valence-electron chi connectivity index (χ4n) is 2.90. The Hall–Kier alpha value is -0.640. The van der Waals surface area contributed by atoms with Crippen molar-refractivity contribution in [3.63, 3.8) is 0 Å². The van der Waals surface area contributed by atoms with Crippen LogP contribution >= 0.6 is 11.6 Å². The summed E-state index contributed by atoms with van der Waals surface area (Å²) in [6.07, 6.45) is 0. The van der Waals surface area contributed by atoms with Gasteiger partial charge in [-0.1, -0.05) is 32.4 Å². The molecule has 2 unspecified atom stereocenters. The topological polar surface area (TPSA) is 15.3 Å². The third kappa shape index (κ3) is 3.72. The van der Waals surface area contributed by atoms with Crippen molar-refractivity contribution in [2.24, 2.45) is 5.41 Å². The second kappa shape index (κ2) is 6.00. The van der Waals surface area contributed by atoms with Crippen LogP contribution in [-0.4, -0.2) is 30.1 Å². The van der Waals surface area contributed by atoms with Crippen LogP contribution in [0.5, 0.6) is 0 Å². The molecule has 112 valence electrons. The van der Waals surface area contributed by atoms with Crippen LogP contribution in [0.15, 0.2) is 18.2 Å². The predicted octanol–water partition coefficient (Wildman–Crippen LogP) is 3.69. The molecular formula is C16H24ClFN2. The first kappa shape index (κ1) is 15.7. The number of halogens is 2. The van der Waals surface area contributed by atoms with E-state index in [4.69, 9.17) is 11.6 Å². The molecule has 2 rings (SSSR count). The Morgan fingerprint density at radius 3 is 2.75 bits per heavy atom. The number of hydrogen-bond donors (Lipinski definition) is 1. The Labute approximate surface area is 126 Å². The molecule has 1 aromatic carbocycles. The Kier molecular flexibility index (Phi) is 4.73. The molecule has 1 aromatic rings. The average Bonchev–Trinajstić information content (AvgIpc) is 2.32. The molecule has 4 heteroatoms. The summed E-state index contributed by atoms with van der Waals surface area (Å²) in [5.74, 6) is -0.173. The summed E-state index contributed by atoms with van der Waals surface area (Å²) in [4.78, 5) is 2.37. The lowest BCUT2D eigenvalue weighted by atomic mass is 9.83. The van der Waals surface area contributed by atoms with E-state index in [1.807, 2.05) is 0 Å². The van der Waals surface area contributed by atoms with E-state index in [-0.39, 0.29) is 11.2 Å². The number of piperazine rings is 1. The molecule has 1 aliphatic rings. The van der Waals surface area contributed by atoms with Crippen molar-refractivity contribution in [1.82, 2.24) is 10.2 Å². The Bertz CT molecular complexity index is 470. The highest BCUT2D eigenvalue weighted by Gasteiger charge is 2.34. The quantitative estimate of drug-likeness (QED) is 0.896. The van der Waals surface area contributed by atoms with Crippen molar-refractivity contribution in [3.8, 4) is 0 Å². The second-order valence-electron chi connectivity index (χ2n) is 6.86. The normalized spacial score (nSPS) is 24.9. The molecule has 0 amide bonds. The average molecular weight is 299 g/mol. The third-order valence-electron chi connectivity index (χ3n) is 3.99. The maximum Gasteiger partial charge on any atom is 0.127 e. The molecule has 2 atom stereocenters. The smallest absolute Gasteiger partial charge is 0.127 e. The number of rotatable bonds is 2. The van der Waals surface area contributed by atoms with E-state index in [1.54, 1.807) is 12.1 Å². The van der Waals surface area contributed by atoms with Crippen LogP contribution in [0.2, 0.25) is 5.02 Å². The Morgan fingerprint density at radius 1 is 1.40 bits per heavy atom. The molecule has 0 aromatic heterocycles. The lowest BCUT2D eigenvalue weighted by Crippen LogP contribution is -2.59. The van der Waals surface area contributed by atoms with Crippen LogP contribution in [0.3, 0.4) is 0 Å². The van der Waals surface area contributed by atoms with Gasteiger partial charge in [0.1, 0.15) is 5.82 Å². The first-order valence-corrected chi connectivity index (χ1v) is 7.56. The van der Waals surface area contributed by atoms with Gasteiger partial charge in [-0.25, -0.2) is 4.39 Å². The lowest BCUT2D eigenvalue weighted by Gasteiger charge is -2.46. The van der Waals surface area contributed by atoms with E-state index < -0.39 is 0 Å². The first-order valence-electron chi connectivity index (χ1n) is 7.18. The molecule has 0 spiro atoms. The summed E-state index contributed by atoms with van der Waals surface area (Å²) in [7, 11) is 0. The highest BCUT2D eigenvalue weighted by Crippen LogP contribution is 2.28. The zero-order valence-electron chi connectivity index (χ0n) is 12.7. The van der Waals surface area contributed by atoms with E-state index in [9.17, 15) is 4.39 Å². The summed E-state index contributed by atoms with van der Waals surface area (Å²) in [5.41, 5.74) is 0.836. The van der Waals surface area contributed by atoms with Gasteiger partial charge in [0.15, 0.2) is 0 Å². The molecule has 1 N–H and O–H groups in total. The lowest BCUT2D eigenvalue weighted by molar-refractivity contribution is 0.0518. The molecule has 20 heavy (non-hydrogen) atoms. The number of benzene rings is 1. The zero-order valence-corrected chi connectivity index (χ0v) is 13.5. The van der Waals surface area contributed by atoms with Gasteiger partial charge in [0.2, 0.25) is 0 Å². The SMILES string of the molecule is CC1CN(Cc2cc(Cl)ccc2F)C(C(C)(C)C)CN1. The zero-order chi connectivity index (χ0) is 14.9. The number of nitrogens with one attached hydrogen (secondary N) is 1. The molecule has 0 saturated carbocycles. The van der Waals surface area contributed by atoms with Gasteiger partial charge >= 0.3 is 0 Å². The molecule has 0 radical (unpaired) electrons. The minimum atomic E-state index is -0.173. The summed E-state index contributed by atoms with van der Waals surface area (Å²) in [6, 6.07) is 5.61. The van der Waals surface area contributed by atoms with Crippen molar-refractivity contribution >= 4 is 11.6 Å². The fraction of sp³-hybridized carbons (Fsp3) is 0.625. The molecule has 1 fully saturated rings. The molecule has 0 bridgehead atoms. The minimum Gasteiger partial charge on any atom is -0.311 e. The van der Waals surface area contributed by atoms with E-state index in [2.05, 4.69) is 37.9 Å². The fourth-order valence-corrected chi connectivity index (χ4v) is 3.09. The van der Waals surface area contributed by atoms with Crippen LogP contribution in [0.4, 0.5) is 4.39 Å². The van der Waals surface area contributed by atoms with Crippen molar-refractivity contribution in [2.45, 2.75) is 46.3 Å². The van der Waals surface area contributed by atoms with Gasteiger partial charge in [0, 0.05) is 42.3 Å². The molecule has 1 saturated heterocycles. The molecule has 1 aliphatic heterocycles. The second-order valence-corrected chi connectivity index (χ2v) is 7.29. The van der Waals surface area contributed by atoms with E-state index in [0.717, 1.165) is 13.1 Å². The van der Waals surface area contributed by atoms with Crippen LogP contribution in [0.1, 0.15) is 33.3 Å². The Morgan fingerprint density at radius 2 is 2.10 bits per heavy atom. The predicted molar refractivity (Wildman–Crippen MR) is 82.5 cm³/mol. The van der Waals surface area contributed by atoms with Crippen LogP contribution in [-0.2, 0) is 6.54 Å². The van der Waals surface area contributed by atoms with Crippen molar-refractivity contribution in [2.75, 3.05) is 13.1 Å². The monoisotopic (exact) mass is 298 g/mol. The maximum absolute atomic E-state index is 13.9. The van der Waals surface area contributed by atoms with Crippen LogP contribution < -0.4 is 5.32 Å². The van der Waals surface area contributed by atoms with Gasteiger partial charge in [0.25, 0.3) is 0 Å². The van der Waals surface area contributed by atoms with Gasteiger partial charge in [-0.2, -0.15) is 0 Å². The number of nitrogens with zero attached hydrogens (tertiary/aromatic N) is 1. The molecular weight excluding hydrogens is 275 g/mol. The highest BCUT2D eigenvalue weighted by molar-refractivity contribution is 6.30. The minimum absolute atomic E-state index is 0.155. The molecule has 2 nitrogen and oxygen atoms in total. The van der Waals surface area contributed by atoms with Gasteiger partial charge in [-0.3, -0.25) is 4.90 Å². The van der Waals surface area contributed by atoms with Crippen molar-refractivity contribution in [1.29, 1.82) is 0 Å². The molecule has 0 aliphatic carbocycles. The standard InChI is InChI=1S/C16H24ClFN2/c1-11-9-20(15(8-19-11)16(2,3)4)10-12-7-13(17)5-6-14(12)18/h5-7,11,15,19H,8-10H2,1-4H3. The van der Waals surface area contributed by atoms with Crippen LogP contribution in [0, 0.1) is 11.2 Å². The summed E-state index contributed by atoms with van der Waals surface area (Å²) in [5, 5.41) is 4.11. The third-order valence-corrected chi connectivity index (χ3v) is 4.22. The Balaban J connectivity index is 2.21.